The number of hydrogen-bond donors (Lipinski definition) is 3. The molecule has 1 saturated heterocycles. The highest BCUT2D eigenvalue weighted by Gasteiger charge is 2.54. The van der Waals surface area contributed by atoms with E-state index < -0.39 is 29.2 Å². The number of hydrogen-bond acceptors (Lipinski definition) is 10. The molecule has 4 rings (SSSR count). The highest BCUT2D eigenvalue weighted by Crippen LogP contribution is 2.41. The fourth-order valence-electron chi connectivity index (χ4n) is 3.32. The first-order valence-electron chi connectivity index (χ1n) is 9.32. The van der Waals surface area contributed by atoms with Crippen molar-refractivity contribution < 1.29 is 24.7 Å². The molecule has 13 heteroatoms. The Hall–Kier alpha value is -2.90. The maximum absolute atomic E-state index is 12.8. The number of nitrogens with one attached hydrogen (secondary N) is 1. The van der Waals surface area contributed by atoms with E-state index in [1.54, 1.807) is 30.3 Å². The molecule has 2 aromatic rings. The minimum atomic E-state index is -1.20. The average molecular weight is 492 g/mol. The fourth-order valence-corrected chi connectivity index (χ4v) is 6.62. The zero-order valence-corrected chi connectivity index (χ0v) is 19.0. The van der Waals surface area contributed by atoms with E-state index in [0.29, 0.717) is 22.6 Å². The normalized spacial score (nSPS) is 20.6. The summed E-state index contributed by atoms with van der Waals surface area (Å²) in [5, 5.41) is 32.9. The molecule has 2 atom stereocenters. The van der Waals surface area contributed by atoms with Crippen LogP contribution in [0.4, 0.5) is 0 Å². The number of carboxylic acids is 1. The van der Waals surface area contributed by atoms with Crippen molar-refractivity contribution in [2.75, 3.05) is 11.5 Å². The summed E-state index contributed by atoms with van der Waals surface area (Å²) < 4.78 is 0.726. The summed E-state index contributed by atoms with van der Waals surface area (Å²) in [6.45, 7) is 1.84. The predicted octanol–water partition coefficient (Wildman–Crippen LogP) is 1.56. The second kappa shape index (κ2) is 9.30. The van der Waals surface area contributed by atoms with Gasteiger partial charge in [0.15, 0.2) is 10.1 Å². The average Bonchev–Trinajstić information content (AvgIpc) is 3.21. The molecule has 0 saturated carbocycles. The lowest BCUT2D eigenvalue weighted by molar-refractivity contribution is -0.150. The van der Waals surface area contributed by atoms with E-state index in [1.807, 2.05) is 6.92 Å². The Bertz CT molecular complexity index is 1130. The van der Waals surface area contributed by atoms with Crippen LogP contribution in [-0.2, 0) is 14.4 Å². The van der Waals surface area contributed by atoms with E-state index in [4.69, 9.17) is 0 Å². The van der Waals surface area contributed by atoms with Crippen molar-refractivity contribution >= 4 is 58.4 Å². The molecule has 0 bridgehead atoms. The van der Waals surface area contributed by atoms with Gasteiger partial charge in [-0.2, -0.15) is 0 Å². The first-order valence-corrected chi connectivity index (χ1v) is 12.2. The van der Waals surface area contributed by atoms with E-state index in [-0.39, 0.29) is 11.4 Å². The summed E-state index contributed by atoms with van der Waals surface area (Å²) in [5.41, 5.74) is 0.717. The van der Waals surface area contributed by atoms with E-state index >= 15 is 0 Å². The van der Waals surface area contributed by atoms with E-state index in [9.17, 15) is 24.7 Å². The molecule has 1 fully saturated rings. The van der Waals surface area contributed by atoms with Crippen molar-refractivity contribution in [2.24, 2.45) is 5.16 Å². The molecule has 0 spiro atoms. The third-order valence-corrected chi connectivity index (χ3v) is 8.17. The van der Waals surface area contributed by atoms with Gasteiger partial charge in [-0.3, -0.25) is 14.5 Å². The molecular formula is C19H17N5O5S3. The molecule has 0 radical (unpaired) electrons. The molecule has 2 aliphatic rings. The van der Waals surface area contributed by atoms with Crippen LogP contribution in [0.3, 0.4) is 0 Å². The van der Waals surface area contributed by atoms with Gasteiger partial charge in [-0.25, -0.2) is 4.79 Å². The largest absolute Gasteiger partial charge is 0.477 e. The number of carboxylic acid groups (broad SMARTS) is 1. The molecule has 3 heterocycles. The summed E-state index contributed by atoms with van der Waals surface area (Å²) in [7, 11) is 0. The molecule has 1 aromatic heterocycles. The summed E-state index contributed by atoms with van der Waals surface area (Å²) in [6.07, 6.45) is 0. The van der Waals surface area contributed by atoms with Crippen LogP contribution in [0, 0.1) is 6.92 Å². The standard InChI is InChI=1S/C19H17N5O5S3/c1-9-21-22-19(32-9)31-8-11-7-30-17-13(16(26)24(17)14(11)18(27)28)20-15(25)12(23-29)10-5-3-2-4-6-10/h2-6,13,17,29H,7-8H2,1H3,(H,20,25)(H,27,28)/t13?,17-/m1/s1. The third kappa shape index (κ3) is 4.23. The molecule has 32 heavy (non-hydrogen) atoms. The second-order valence-corrected chi connectivity index (χ2v) is 10.3. The number of carbonyl (C=O) groups excluding carboxylic acids is 2. The van der Waals surface area contributed by atoms with Crippen LogP contribution < -0.4 is 5.32 Å². The Balaban J connectivity index is 1.48. The second-order valence-electron chi connectivity index (χ2n) is 6.81. The lowest BCUT2D eigenvalue weighted by atomic mass is 10.0. The van der Waals surface area contributed by atoms with Gasteiger partial charge in [0.05, 0.1) is 0 Å². The Morgan fingerprint density at radius 1 is 1.31 bits per heavy atom. The van der Waals surface area contributed by atoms with Crippen molar-refractivity contribution in [3.05, 3.63) is 52.2 Å². The van der Waals surface area contributed by atoms with Gasteiger partial charge >= 0.3 is 5.97 Å². The number of oxime groups is 1. The van der Waals surface area contributed by atoms with Gasteiger partial charge < -0.3 is 15.6 Å². The summed E-state index contributed by atoms with van der Waals surface area (Å²) in [5.74, 6) is -1.67. The van der Waals surface area contributed by atoms with Crippen LogP contribution in [0.1, 0.15) is 10.6 Å². The van der Waals surface area contributed by atoms with Crippen LogP contribution in [-0.4, -0.2) is 71.8 Å². The molecular weight excluding hydrogens is 474 g/mol. The third-order valence-electron chi connectivity index (χ3n) is 4.78. The Kier molecular flexibility index (Phi) is 6.48. The minimum Gasteiger partial charge on any atom is -0.477 e. The van der Waals surface area contributed by atoms with Crippen molar-refractivity contribution in [3.63, 3.8) is 0 Å². The SMILES string of the molecule is Cc1nnc(SCC2=C(C(=O)O)N3C(=O)C(NC(=O)C(=NO)c4ccccc4)[C@H]3SC2)s1. The summed E-state index contributed by atoms with van der Waals surface area (Å²) in [6, 6.07) is 7.43. The van der Waals surface area contributed by atoms with Gasteiger partial charge in [0, 0.05) is 17.1 Å². The number of β-lactam (4-membered cyclic amide) rings is 1. The monoisotopic (exact) mass is 491 g/mol. The number of thioether (sulfide) groups is 2. The molecule has 2 aliphatic heterocycles. The molecule has 166 valence electrons. The molecule has 1 unspecified atom stereocenters. The number of aliphatic carboxylic acids is 1. The van der Waals surface area contributed by atoms with Gasteiger partial charge in [0.25, 0.3) is 11.8 Å². The molecule has 10 nitrogen and oxygen atoms in total. The first kappa shape index (κ1) is 22.3. The molecule has 2 amide bonds. The Morgan fingerprint density at radius 3 is 2.69 bits per heavy atom. The van der Waals surface area contributed by atoms with Crippen molar-refractivity contribution in [2.45, 2.75) is 22.7 Å². The predicted molar refractivity (Wildman–Crippen MR) is 120 cm³/mol. The van der Waals surface area contributed by atoms with E-state index in [1.165, 1.54) is 39.8 Å². The number of aryl methyl sites for hydroxylation is 1. The van der Waals surface area contributed by atoms with Gasteiger partial charge in [0.1, 0.15) is 22.1 Å². The Morgan fingerprint density at radius 2 is 2.06 bits per heavy atom. The number of nitrogens with zero attached hydrogens (tertiary/aromatic N) is 4. The summed E-state index contributed by atoms with van der Waals surface area (Å²) in [4.78, 5) is 38.6. The zero-order valence-electron chi connectivity index (χ0n) is 16.6. The maximum atomic E-state index is 12.8. The number of amides is 2. The highest BCUT2D eigenvalue weighted by molar-refractivity contribution is 8.01. The van der Waals surface area contributed by atoms with Crippen LogP contribution >= 0.6 is 34.9 Å². The number of aromatic nitrogens is 2. The van der Waals surface area contributed by atoms with Crippen LogP contribution in [0.2, 0.25) is 0 Å². The van der Waals surface area contributed by atoms with Crippen molar-refractivity contribution in [3.8, 4) is 0 Å². The Labute approximate surface area is 194 Å². The number of benzene rings is 1. The maximum Gasteiger partial charge on any atom is 0.352 e. The quantitative estimate of drug-likeness (QED) is 0.173. The number of carbonyl (C=O) groups is 3. The number of rotatable bonds is 7. The lowest BCUT2D eigenvalue weighted by Crippen LogP contribution is -2.71. The van der Waals surface area contributed by atoms with Gasteiger partial charge in [-0.15, -0.1) is 22.0 Å². The van der Waals surface area contributed by atoms with E-state index in [2.05, 4.69) is 20.7 Å². The van der Waals surface area contributed by atoms with Crippen molar-refractivity contribution in [1.29, 1.82) is 0 Å². The highest BCUT2D eigenvalue weighted by atomic mass is 32.2. The molecule has 1 aromatic carbocycles. The number of fused-ring (bicyclic) bond motifs is 1. The van der Waals surface area contributed by atoms with Gasteiger partial charge in [-0.1, -0.05) is 58.6 Å². The van der Waals surface area contributed by atoms with Gasteiger partial charge in [0.2, 0.25) is 0 Å². The smallest absolute Gasteiger partial charge is 0.352 e. The molecule has 3 N–H and O–H groups in total. The van der Waals surface area contributed by atoms with Crippen LogP contribution in [0.5, 0.6) is 0 Å². The lowest BCUT2D eigenvalue weighted by Gasteiger charge is -2.49. The zero-order chi connectivity index (χ0) is 22.8. The molecule has 0 aliphatic carbocycles. The van der Waals surface area contributed by atoms with Crippen molar-refractivity contribution in [1.82, 2.24) is 20.4 Å². The first-order chi connectivity index (χ1) is 15.4. The summed E-state index contributed by atoms with van der Waals surface area (Å²) >= 11 is 4.16. The van der Waals surface area contributed by atoms with E-state index in [0.717, 1.165) is 9.35 Å². The van der Waals surface area contributed by atoms with Crippen LogP contribution in [0.25, 0.3) is 0 Å². The van der Waals surface area contributed by atoms with Crippen LogP contribution in [0.15, 0.2) is 51.1 Å². The fraction of sp³-hybridized carbons (Fsp3) is 0.263. The minimum absolute atomic E-state index is 0.0582. The topological polar surface area (TPSA) is 145 Å². The van der Waals surface area contributed by atoms with Gasteiger partial charge in [-0.05, 0) is 12.5 Å².